The van der Waals surface area contributed by atoms with Crippen molar-refractivity contribution in [3.05, 3.63) is 44.4 Å². The Balaban J connectivity index is 1.77. The van der Waals surface area contributed by atoms with Crippen molar-refractivity contribution >= 4 is 34.8 Å². The van der Waals surface area contributed by atoms with Crippen molar-refractivity contribution in [2.45, 2.75) is 33.1 Å². The van der Waals surface area contributed by atoms with Crippen LogP contribution in [0.3, 0.4) is 0 Å². The van der Waals surface area contributed by atoms with E-state index in [1.165, 1.54) is 11.3 Å². The lowest BCUT2D eigenvalue weighted by molar-refractivity contribution is 0.0739. The standard InChI is InChI=1S/C21H26ClN3O3S/c1-14-19(29-15(2)23-14)21(27)25-10-5-4-9-24(3)20(26)17-13-16(22)7-8-18(17)28-12-6-11-25/h7-8,13H,4-6,9-12H2,1-3H3. The van der Waals surface area contributed by atoms with Gasteiger partial charge in [0.25, 0.3) is 11.8 Å². The number of amides is 2. The second-order valence-electron chi connectivity index (χ2n) is 7.22. The number of halogens is 1. The zero-order chi connectivity index (χ0) is 21.0. The Hall–Kier alpha value is -2.12. The average Bonchev–Trinajstić information content (AvgIpc) is 3.03. The van der Waals surface area contributed by atoms with Gasteiger partial charge in [0.2, 0.25) is 0 Å². The molecule has 0 spiro atoms. The van der Waals surface area contributed by atoms with Crippen LogP contribution in [0.2, 0.25) is 5.02 Å². The molecule has 8 heteroatoms. The Kier molecular flexibility index (Phi) is 7.14. The number of rotatable bonds is 1. The zero-order valence-electron chi connectivity index (χ0n) is 17.0. The maximum atomic E-state index is 13.0. The molecule has 1 aliphatic rings. The molecule has 1 aliphatic heterocycles. The van der Waals surface area contributed by atoms with Crippen LogP contribution in [-0.2, 0) is 0 Å². The van der Waals surface area contributed by atoms with Crippen molar-refractivity contribution in [2.75, 3.05) is 33.3 Å². The van der Waals surface area contributed by atoms with Crippen LogP contribution >= 0.6 is 22.9 Å². The predicted octanol–water partition coefficient (Wildman–Crippen LogP) is 4.19. The number of carbonyl (C=O) groups is 2. The van der Waals surface area contributed by atoms with E-state index >= 15 is 0 Å². The third-order valence-corrected chi connectivity index (χ3v) is 6.20. The summed E-state index contributed by atoms with van der Waals surface area (Å²) in [4.78, 5) is 34.5. The number of hydrogen-bond acceptors (Lipinski definition) is 5. The van der Waals surface area contributed by atoms with Crippen LogP contribution < -0.4 is 4.74 Å². The van der Waals surface area contributed by atoms with Gasteiger partial charge < -0.3 is 14.5 Å². The monoisotopic (exact) mass is 435 g/mol. The molecule has 2 aromatic rings. The molecule has 1 aromatic heterocycles. The van der Waals surface area contributed by atoms with Crippen LogP contribution in [0.15, 0.2) is 18.2 Å². The van der Waals surface area contributed by atoms with Crippen LogP contribution in [0, 0.1) is 13.8 Å². The smallest absolute Gasteiger partial charge is 0.265 e. The molecule has 2 heterocycles. The van der Waals surface area contributed by atoms with Crippen LogP contribution in [0.5, 0.6) is 5.75 Å². The van der Waals surface area contributed by atoms with Gasteiger partial charge in [0.15, 0.2) is 0 Å². The Morgan fingerprint density at radius 3 is 2.62 bits per heavy atom. The fourth-order valence-electron chi connectivity index (χ4n) is 3.38. The first kappa shape index (κ1) is 21.6. The summed E-state index contributed by atoms with van der Waals surface area (Å²) in [6.45, 7) is 6.06. The van der Waals surface area contributed by atoms with E-state index in [9.17, 15) is 9.59 Å². The molecule has 0 saturated carbocycles. The summed E-state index contributed by atoms with van der Waals surface area (Å²) in [6, 6.07) is 5.10. The van der Waals surface area contributed by atoms with Gasteiger partial charge in [-0.15, -0.1) is 11.3 Å². The van der Waals surface area contributed by atoms with E-state index < -0.39 is 0 Å². The second-order valence-corrected chi connectivity index (χ2v) is 8.86. The van der Waals surface area contributed by atoms with Crippen molar-refractivity contribution in [2.24, 2.45) is 0 Å². The molecular formula is C21H26ClN3O3S. The first-order valence-corrected chi connectivity index (χ1v) is 11.0. The Morgan fingerprint density at radius 2 is 1.90 bits per heavy atom. The maximum Gasteiger partial charge on any atom is 0.265 e. The summed E-state index contributed by atoms with van der Waals surface area (Å²) >= 11 is 7.54. The van der Waals surface area contributed by atoms with Gasteiger partial charge in [-0.25, -0.2) is 4.98 Å². The third-order valence-electron chi connectivity index (χ3n) is 4.91. The molecule has 0 fully saturated rings. The molecule has 0 radical (unpaired) electrons. The fraction of sp³-hybridized carbons (Fsp3) is 0.476. The summed E-state index contributed by atoms with van der Waals surface area (Å²) in [6.07, 6.45) is 2.31. The number of benzene rings is 1. The summed E-state index contributed by atoms with van der Waals surface area (Å²) < 4.78 is 5.88. The molecule has 29 heavy (non-hydrogen) atoms. The summed E-state index contributed by atoms with van der Waals surface area (Å²) in [7, 11) is 1.78. The first-order chi connectivity index (χ1) is 13.9. The van der Waals surface area contributed by atoms with E-state index in [0.717, 1.165) is 23.5 Å². The number of fused-ring (bicyclic) bond motifs is 1. The quantitative estimate of drug-likeness (QED) is 0.673. The molecule has 6 nitrogen and oxygen atoms in total. The minimum absolute atomic E-state index is 0.0274. The average molecular weight is 436 g/mol. The van der Waals surface area contributed by atoms with Crippen molar-refractivity contribution in [3.63, 3.8) is 0 Å². The minimum atomic E-state index is -0.106. The second kappa shape index (κ2) is 9.59. The van der Waals surface area contributed by atoms with Gasteiger partial charge in [-0.3, -0.25) is 9.59 Å². The largest absolute Gasteiger partial charge is 0.493 e. The summed E-state index contributed by atoms with van der Waals surface area (Å²) in [5, 5.41) is 1.40. The lowest BCUT2D eigenvalue weighted by Gasteiger charge is -2.22. The molecule has 3 rings (SSSR count). The summed E-state index contributed by atoms with van der Waals surface area (Å²) in [5.41, 5.74) is 1.26. The first-order valence-electron chi connectivity index (χ1n) is 9.78. The summed E-state index contributed by atoms with van der Waals surface area (Å²) in [5.74, 6) is 0.447. The Morgan fingerprint density at radius 1 is 1.17 bits per heavy atom. The highest BCUT2D eigenvalue weighted by Crippen LogP contribution is 2.25. The highest BCUT2D eigenvalue weighted by atomic mass is 35.5. The van der Waals surface area contributed by atoms with E-state index in [0.29, 0.717) is 53.9 Å². The molecular weight excluding hydrogens is 410 g/mol. The molecule has 2 amide bonds. The van der Waals surface area contributed by atoms with Crippen molar-refractivity contribution in [3.8, 4) is 5.75 Å². The number of carbonyl (C=O) groups excluding carboxylic acids is 2. The van der Waals surface area contributed by atoms with Gasteiger partial charge in [-0.1, -0.05) is 11.6 Å². The highest BCUT2D eigenvalue weighted by Gasteiger charge is 2.22. The van der Waals surface area contributed by atoms with Crippen LogP contribution in [0.25, 0.3) is 0 Å². The lowest BCUT2D eigenvalue weighted by atomic mass is 10.1. The predicted molar refractivity (Wildman–Crippen MR) is 115 cm³/mol. The topological polar surface area (TPSA) is 62.7 Å². The molecule has 0 atom stereocenters. The van der Waals surface area contributed by atoms with Crippen LogP contribution in [-0.4, -0.2) is 59.9 Å². The molecule has 0 bridgehead atoms. The van der Waals surface area contributed by atoms with Gasteiger partial charge in [-0.05, 0) is 51.3 Å². The van der Waals surface area contributed by atoms with E-state index in [1.54, 1.807) is 30.1 Å². The van der Waals surface area contributed by atoms with Gasteiger partial charge >= 0.3 is 0 Å². The molecule has 156 valence electrons. The maximum absolute atomic E-state index is 13.0. The highest BCUT2D eigenvalue weighted by molar-refractivity contribution is 7.13. The number of hydrogen-bond donors (Lipinski definition) is 0. The SMILES string of the molecule is Cc1nc(C)c(C(=O)N2CCCCN(C)C(=O)c3cc(Cl)ccc3OCCC2)s1. The van der Waals surface area contributed by atoms with Crippen LogP contribution in [0.1, 0.15) is 50.0 Å². The zero-order valence-corrected chi connectivity index (χ0v) is 18.6. The van der Waals surface area contributed by atoms with Gasteiger partial charge in [-0.2, -0.15) is 0 Å². The molecule has 1 aromatic carbocycles. The molecule has 0 aliphatic carbocycles. The number of aryl methyl sites for hydroxylation is 2. The van der Waals surface area contributed by atoms with E-state index in [2.05, 4.69) is 4.98 Å². The Labute approximate surface area is 180 Å². The van der Waals surface area contributed by atoms with Crippen LogP contribution in [0.4, 0.5) is 0 Å². The normalized spacial score (nSPS) is 16.3. The van der Waals surface area contributed by atoms with E-state index in [-0.39, 0.29) is 11.8 Å². The lowest BCUT2D eigenvalue weighted by Crippen LogP contribution is -2.34. The van der Waals surface area contributed by atoms with Crippen molar-refractivity contribution in [1.82, 2.24) is 14.8 Å². The Bertz CT molecular complexity index is 899. The van der Waals surface area contributed by atoms with E-state index in [4.69, 9.17) is 16.3 Å². The van der Waals surface area contributed by atoms with Gasteiger partial charge in [0, 0.05) is 31.7 Å². The van der Waals surface area contributed by atoms with Crippen molar-refractivity contribution < 1.29 is 14.3 Å². The number of aromatic nitrogens is 1. The third kappa shape index (κ3) is 5.28. The minimum Gasteiger partial charge on any atom is -0.493 e. The number of ether oxygens (including phenoxy) is 1. The fourth-order valence-corrected chi connectivity index (χ4v) is 4.44. The van der Waals surface area contributed by atoms with Gasteiger partial charge in [0.1, 0.15) is 10.6 Å². The number of thiazole rings is 1. The van der Waals surface area contributed by atoms with E-state index in [1.807, 2.05) is 18.7 Å². The van der Waals surface area contributed by atoms with Crippen molar-refractivity contribution in [1.29, 1.82) is 0 Å². The molecule has 0 unspecified atom stereocenters. The number of nitrogens with zero attached hydrogens (tertiary/aromatic N) is 3. The van der Waals surface area contributed by atoms with Gasteiger partial charge in [0.05, 0.1) is 22.9 Å². The molecule has 0 N–H and O–H groups in total. The molecule has 0 saturated heterocycles.